The minimum Gasteiger partial charge on any atom is -0.383 e. The Morgan fingerprint density at radius 2 is 2.38 bits per heavy atom. The van der Waals surface area contributed by atoms with Gasteiger partial charge in [0.05, 0.1) is 5.56 Å². The first-order valence-corrected chi connectivity index (χ1v) is 3.98. The van der Waals surface area contributed by atoms with E-state index in [4.69, 9.17) is 11.1 Å². The number of hydrogen-bond donors (Lipinski definition) is 2. The molecule has 13 heavy (non-hydrogen) atoms. The van der Waals surface area contributed by atoms with Gasteiger partial charge in [0.15, 0.2) is 0 Å². The number of nitrogens with one attached hydrogen (secondary N) is 1. The van der Waals surface area contributed by atoms with Gasteiger partial charge in [-0.3, -0.25) is 14.8 Å². The molecule has 0 aliphatic carbocycles. The average Bonchev–Trinajstić information content (AvgIpc) is 2.04. The molecule has 0 aromatic carbocycles. The van der Waals surface area contributed by atoms with E-state index in [1.807, 2.05) is 6.92 Å². The molecule has 0 aliphatic heterocycles. The topological polar surface area (TPSA) is 84.8 Å². The highest BCUT2D eigenvalue weighted by atomic mass is 16.1. The molecule has 0 aliphatic rings. The van der Waals surface area contributed by atoms with Gasteiger partial charge >= 0.3 is 0 Å². The fourth-order valence-corrected chi connectivity index (χ4v) is 1.13. The number of aryl methyl sites for hydroxylation is 1. The number of rotatable bonds is 2. The van der Waals surface area contributed by atoms with Crippen molar-refractivity contribution in [1.82, 2.24) is 9.55 Å². The van der Waals surface area contributed by atoms with Crippen molar-refractivity contribution in [3.8, 4) is 0 Å². The number of nitrogens with zero attached hydrogens (tertiary/aromatic N) is 2. The van der Waals surface area contributed by atoms with Crippen LogP contribution in [0.2, 0.25) is 0 Å². The molecule has 0 atom stereocenters. The first-order valence-electron chi connectivity index (χ1n) is 3.98. The van der Waals surface area contributed by atoms with Gasteiger partial charge in [-0.15, -0.1) is 0 Å². The summed E-state index contributed by atoms with van der Waals surface area (Å²) < 4.78 is 1.48. The fraction of sp³-hybridized carbons (Fsp3) is 0.375. The summed E-state index contributed by atoms with van der Waals surface area (Å²) in [5, 5.41) is 7.14. The summed E-state index contributed by atoms with van der Waals surface area (Å²) in [5.74, 6) is 0.400. The normalized spacial score (nSPS) is 10.0. The van der Waals surface area contributed by atoms with E-state index in [-0.39, 0.29) is 17.0 Å². The molecule has 70 valence electrons. The largest absolute Gasteiger partial charge is 0.383 e. The van der Waals surface area contributed by atoms with E-state index in [9.17, 15) is 4.79 Å². The van der Waals surface area contributed by atoms with Crippen LogP contribution < -0.4 is 11.3 Å². The molecule has 0 spiro atoms. The highest BCUT2D eigenvalue weighted by Gasteiger charge is 2.07. The molecular formula is C8H12N4O. The summed E-state index contributed by atoms with van der Waals surface area (Å²) in [6, 6.07) is 0. The highest BCUT2D eigenvalue weighted by molar-refractivity contribution is 5.94. The minimum absolute atomic E-state index is 0.160. The molecule has 5 heteroatoms. The molecule has 0 unspecified atom stereocenters. The Bertz CT molecular complexity index is 394. The van der Waals surface area contributed by atoms with Crippen LogP contribution in [-0.2, 0) is 6.54 Å². The zero-order valence-electron chi connectivity index (χ0n) is 7.66. The molecule has 0 bridgehead atoms. The van der Waals surface area contributed by atoms with Crippen LogP contribution in [0.15, 0.2) is 11.0 Å². The molecule has 5 nitrogen and oxygen atoms in total. The predicted molar refractivity (Wildman–Crippen MR) is 49.9 cm³/mol. The van der Waals surface area contributed by atoms with Crippen molar-refractivity contribution >= 4 is 5.84 Å². The summed E-state index contributed by atoms with van der Waals surface area (Å²) in [6.07, 6.45) is 1.34. The zero-order chi connectivity index (χ0) is 10.0. The summed E-state index contributed by atoms with van der Waals surface area (Å²) in [5.41, 5.74) is 5.13. The standard InChI is InChI=1S/C8H12N4O/c1-3-12-5(2)11-4-6(7(9)10)8(12)13/h4H,3H2,1-2H3,(H3,9,10). The van der Waals surface area contributed by atoms with E-state index in [1.165, 1.54) is 10.8 Å². The van der Waals surface area contributed by atoms with Gasteiger partial charge in [0.1, 0.15) is 11.7 Å². The van der Waals surface area contributed by atoms with E-state index in [0.717, 1.165) is 0 Å². The molecule has 3 N–H and O–H groups in total. The number of nitrogen functional groups attached to an aromatic ring is 1. The third-order valence-electron chi connectivity index (χ3n) is 1.85. The molecule has 0 saturated carbocycles. The average molecular weight is 180 g/mol. The Labute approximate surface area is 75.7 Å². The fourth-order valence-electron chi connectivity index (χ4n) is 1.13. The summed E-state index contributed by atoms with van der Waals surface area (Å²) in [7, 11) is 0. The van der Waals surface area contributed by atoms with Gasteiger partial charge in [0.25, 0.3) is 5.56 Å². The molecule has 1 heterocycles. The van der Waals surface area contributed by atoms with Crippen molar-refractivity contribution in [3.63, 3.8) is 0 Å². The van der Waals surface area contributed by atoms with Crippen LogP contribution in [0.1, 0.15) is 18.3 Å². The Balaban J connectivity index is 3.45. The molecule has 1 aromatic heterocycles. The lowest BCUT2D eigenvalue weighted by molar-refractivity contribution is 0.672. The summed E-state index contributed by atoms with van der Waals surface area (Å²) in [4.78, 5) is 15.5. The highest BCUT2D eigenvalue weighted by Crippen LogP contribution is 1.92. The molecule has 0 amide bonds. The van der Waals surface area contributed by atoms with Gasteiger partial charge in [-0.1, -0.05) is 0 Å². The van der Waals surface area contributed by atoms with Gasteiger partial charge in [-0.2, -0.15) is 0 Å². The number of aromatic nitrogens is 2. The number of hydrogen-bond acceptors (Lipinski definition) is 3. The van der Waals surface area contributed by atoms with Crippen molar-refractivity contribution in [2.75, 3.05) is 0 Å². The van der Waals surface area contributed by atoms with E-state index in [0.29, 0.717) is 12.4 Å². The SMILES string of the molecule is CCn1c(C)ncc(C(=N)N)c1=O. The van der Waals surface area contributed by atoms with E-state index >= 15 is 0 Å². The molecule has 1 aromatic rings. The second-order valence-corrected chi connectivity index (χ2v) is 2.68. The maximum absolute atomic E-state index is 11.6. The van der Waals surface area contributed by atoms with Crippen LogP contribution >= 0.6 is 0 Å². The monoisotopic (exact) mass is 180 g/mol. The maximum atomic E-state index is 11.6. The van der Waals surface area contributed by atoms with Gasteiger partial charge in [-0.05, 0) is 13.8 Å². The van der Waals surface area contributed by atoms with Crippen LogP contribution in [0.3, 0.4) is 0 Å². The third kappa shape index (κ3) is 1.58. The molecular weight excluding hydrogens is 168 g/mol. The molecule has 1 rings (SSSR count). The van der Waals surface area contributed by atoms with Crippen molar-refractivity contribution in [3.05, 3.63) is 27.9 Å². The zero-order valence-corrected chi connectivity index (χ0v) is 7.66. The van der Waals surface area contributed by atoms with Crippen LogP contribution in [0.4, 0.5) is 0 Å². The first kappa shape index (κ1) is 9.44. The Kier molecular flexibility index (Phi) is 2.46. The van der Waals surface area contributed by atoms with Gasteiger partial charge in [0.2, 0.25) is 0 Å². The Morgan fingerprint density at radius 1 is 1.77 bits per heavy atom. The minimum atomic E-state index is -0.248. The molecule has 0 fully saturated rings. The Morgan fingerprint density at radius 3 is 2.85 bits per heavy atom. The van der Waals surface area contributed by atoms with Gasteiger partial charge < -0.3 is 5.73 Å². The van der Waals surface area contributed by atoms with E-state index in [2.05, 4.69) is 4.98 Å². The summed E-state index contributed by atoms with van der Waals surface area (Å²) >= 11 is 0. The van der Waals surface area contributed by atoms with E-state index < -0.39 is 0 Å². The smallest absolute Gasteiger partial charge is 0.264 e. The lowest BCUT2D eigenvalue weighted by Gasteiger charge is -2.06. The predicted octanol–water partition coefficient (Wildman–Crippen LogP) is -0.144. The van der Waals surface area contributed by atoms with Crippen molar-refractivity contribution in [1.29, 1.82) is 5.41 Å². The van der Waals surface area contributed by atoms with Crippen LogP contribution in [0.5, 0.6) is 0 Å². The van der Waals surface area contributed by atoms with Crippen LogP contribution in [0, 0.1) is 12.3 Å². The first-order chi connectivity index (χ1) is 6.07. The maximum Gasteiger partial charge on any atom is 0.264 e. The Hall–Kier alpha value is -1.65. The van der Waals surface area contributed by atoms with E-state index in [1.54, 1.807) is 6.92 Å². The van der Waals surface area contributed by atoms with Gasteiger partial charge in [0, 0.05) is 12.7 Å². The lowest BCUT2D eigenvalue weighted by atomic mass is 10.3. The second-order valence-electron chi connectivity index (χ2n) is 2.68. The van der Waals surface area contributed by atoms with Crippen LogP contribution in [0.25, 0.3) is 0 Å². The van der Waals surface area contributed by atoms with Crippen LogP contribution in [-0.4, -0.2) is 15.4 Å². The summed E-state index contributed by atoms with van der Waals surface area (Å²) in [6.45, 7) is 4.13. The number of nitrogens with two attached hydrogens (primary N) is 1. The van der Waals surface area contributed by atoms with Gasteiger partial charge in [-0.25, -0.2) is 4.98 Å². The third-order valence-corrected chi connectivity index (χ3v) is 1.85. The second kappa shape index (κ2) is 3.38. The lowest BCUT2D eigenvalue weighted by Crippen LogP contribution is -2.31. The quantitative estimate of drug-likeness (QED) is 0.490. The molecule has 0 radical (unpaired) electrons. The van der Waals surface area contributed by atoms with Crippen molar-refractivity contribution in [2.45, 2.75) is 20.4 Å². The van der Waals surface area contributed by atoms with Crippen molar-refractivity contribution < 1.29 is 0 Å². The number of amidine groups is 1. The molecule has 0 saturated heterocycles. The van der Waals surface area contributed by atoms with Crippen molar-refractivity contribution in [2.24, 2.45) is 5.73 Å².